The maximum atomic E-state index is 13.3. The van der Waals surface area contributed by atoms with Gasteiger partial charge in [0.25, 0.3) is 5.91 Å². The molecule has 0 aromatic heterocycles. The Morgan fingerprint density at radius 2 is 1.54 bits per heavy atom. The lowest BCUT2D eigenvalue weighted by atomic mass is 9.94. The minimum Gasteiger partial charge on any atom is -0.322 e. The van der Waals surface area contributed by atoms with Crippen molar-refractivity contribution in [3.05, 3.63) is 59.7 Å². The van der Waals surface area contributed by atoms with Gasteiger partial charge in [0.15, 0.2) is 0 Å². The van der Waals surface area contributed by atoms with Crippen LogP contribution in [0.15, 0.2) is 47.4 Å². The zero-order chi connectivity index (χ0) is 20.5. The van der Waals surface area contributed by atoms with Gasteiger partial charge in [0.2, 0.25) is 10.0 Å². The first kappa shape index (κ1) is 20.4. The molecule has 2 atom stereocenters. The number of benzene rings is 2. The fraction of sp³-hybridized carbons (Fsp3) is 0.350. The SMILES string of the molecule is C[C@H]1C[C@H](C)CN(S(=O)(=O)c2ccc(NC(=O)c3cc(F)cc(F)c3)cc2)C1. The van der Waals surface area contributed by atoms with E-state index in [-0.39, 0.29) is 10.5 Å². The maximum Gasteiger partial charge on any atom is 0.255 e. The van der Waals surface area contributed by atoms with E-state index in [9.17, 15) is 22.0 Å². The average Bonchev–Trinajstić information content (AvgIpc) is 2.60. The number of carbonyl (C=O) groups excluding carboxylic acids is 1. The van der Waals surface area contributed by atoms with Crippen LogP contribution in [0.3, 0.4) is 0 Å². The molecule has 2 aromatic carbocycles. The van der Waals surface area contributed by atoms with E-state index in [1.165, 1.54) is 28.6 Å². The number of rotatable bonds is 4. The van der Waals surface area contributed by atoms with Gasteiger partial charge in [0.05, 0.1) is 4.90 Å². The molecule has 1 aliphatic heterocycles. The number of hydrogen-bond acceptors (Lipinski definition) is 3. The van der Waals surface area contributed by atoms with E-state index in [1.54, 1.807) is 0 Å². The monoisotopic (exact) mass is 408 g/mol. The lowest BCUT2D eigenvalue weighted by molar-refractivity contribution is 0.102. The van der Waals surface area contributed by atoms with E-state index in [0.29, 0.717) is 36.7 Å². The van der Waals surface area contributed by atoms with Gasteiger partial charge >= 0.3 is 0 Å². The molecular formula is C20H22F2N2O3S. The Balaban J connectivity index is 1.75. The first-order valence-electron chi connectivity index (χ1n) is 9.03. The van der Waals surface area contributed by atoms with E-state index >= 15 is 0 Å². The molecular weight excluding hydrogens is 386 g/mol. The summed E-state index contributed by atoms with van der Waals surface area (Å²) in [6.07, 6.45) is 0.998. The van der Waals surface area contributed by atoms with Crippen LogP contribution in [-0.2, 0) is 10.0 Å². The molecule has 1 heterocycles. The normalized spacial score (nSPS) is 20.7. The maximum absolute atomic E-state index is 13.3. The molecule has 8 heteroatoms. The lowest BCUT2D eigenvalue weighted by Gasteiger charge is -2.34. The van der Waals surface area contributed by atoms with Crippen LogP contribution >= 0.6 is 0 Å². The summed E-state index contributed by atoms with van der Waals surface area (Å²) in [5.74, 6) is -1.80. The Kier molecular flexibility index (Phi) is 5.81. The number of halogens is 2. The predicted octanol–water partition coefficient (Wildman–Crippen LogP) is 3.88. The Bertz CT molecular complexity index is 947. The van der Waals surface area contributed by atoms with Crippen LogP contribution in [0.1, 0.15) is 30.6 Å². The van der Waals surface area contributed by atoms with Gasteiger partial charge in [-0.25, -0.2) is 17.2 Å². The Morgan fingerprint density at radius 1 is 1.00 bits per heavy atom. The van der Waals surface area contributed by atoms with Crippen LogP contribution < -0.4 is 5.32 Å². The van der Waals surface area contributed by atoms with Crippen molar-refractivity contribution in [1.29, 1.82) is 0 Å². The molecule has 0 saturated carbocycles. The van der Waals surface area contributed by atoms with Crippen molar-refractivity contribution < 1.29 is 22.0 Å². The van der Waals surface area contributed by atoms with Gasteiger partial charge in [-0.05, 0) is 54.7 Å². The number of amides is 1. The first-order valence-corrected chi connectivity index (χ1v) is 10.5. The quantitative estimate of drug-likeness (QED) is 0.835. The summed E-state index contributed by atoms with van der Waals surface area (Å²) in [4.78, 5) is 12.3. The van der Waals surface area contributed by atoms with E-state index < -0.39 is 27.6 Å². The Morgan fingerprint density at radius 3 is 2.07 bits per heavy atom. The number of hydrogen-bond donors (Lipinski definition) is 1. The molecule has 28 heavy (non-hydrogen) atoms. The van der Waals surface area contributed by atoms with Gasteiger partial charge in [0, 0.05) is 30.4 Å². The highest BCUT2D eigenvalue weighted by atomic mass is 32.2. The molecule has 1 aliphatic rings. The highest BCUT2D eigenvalue weighted by Crippen LogP contribution is 2.27. The Labute approximate surface area is 163 Å². The number of carbonyl (C=O) groups is 1. The van der Waals surface area contributed by atoms with Crippen LogP contribution in [0.5, 0.6) is 0 Å². The van der Waals surface area contributed by atoms with Crippen molar-refractivity contribution in [2.45, 2.75) is 25.2 Å². The van der Waals surface area contributed by atoms with Crippen LogP contribution in [0, 0.1) is 23.5 Å². The molecule has 1 fully saturated rings. The van der Waals surface area contributed by atoms with Crippen LogP contribution in [0.4, 0.5) is 14.5 Å². The molecule has 1 amide bonds. The molecule has 1 saturated heterocycles. The lowest BCUT2D eigenvalue weighted by Crippen LogP contribution is -2.42. The highest BCUT2D eigenvalue weighted by molar-refractivity contribution is 7.89. The number of nitrogens with one attached hydrogen (secondary N) is 1. The van der Waals surface area contributed by atoms with Crippen LogP contribution in [0.2, 0.25) is 0 Å². The number of nitrogens with zero attached hydrogens (tertiary/aromatic N) is 1. The number of anilines is 1. The number of sulfonamides is 1. The van der Waals surface area contributed by atoms with Gasteiger partial charge in [0.1, 0.15) is 11.6 Å². The van der Waals surface area contributed by atoms with Gasteiger partial charge in [-0.15, -0.1) is 0 Å². The fourth-order valence-corrected chi connectivity index (χ4v) is 5.23. The topological polar surface area (TPSA) is 66.5 Å². The van der Waals surface area contributed by atoms with Crippen molar-refractivity contribution in [1.82, 2.24) is 4.31 Å². The van der Waals surface area contributed by atoms with Crippen LogP contribution in [-0.4, -0.2) is 31.7 Å². The molecule has 0 spiro atoms. The second-order valence-corrected chi connectivity index (χ2v) is 9.34. The van der Waals surface area contributed by atoms with Crippen molar-refractivity contribution in [2.24, 2.45) is 11.8 Å². The molecule has 2 aromatic rings. The van der Waals surface area contributed by atoms with Gasteiger partial charge in [-0.2, -0.15) is 4.31 Å². The summed E-state index contributed by atoms with van der Waals surface area (Å²) in [6.45, 7) is 5.03. The fourth-order valence-electron chi connectivity index (χ4n) is 3.55. The average molecular weight is 408 g/mol. The third kappa shape index (κ3) is 4.56. The molecule has 1 N–H and O–H groups in total. The van der Waals surface area contributed by atoms with Crippen molar-refractivity contribution in [3.8, 4) is 0 Å². The molecule has 0 radical (unpaired) electrons. The minimum atomic E-state index is -3.62. The van der Waals surface area contributed by atoms with Crippen molar-refractivity contribution >= 4 is 21.6 Å². The Hall–Kier alpha value is -2.32. The second kappa shape index (κ2) is 7.97. The largest absolute Gasteiger partial charge is 0.322 e. The third-order valence-electron chi connectivity index (χ3n) is 4.71. The van der Waals surface area contributed by atoms with Gasteiger partial charge < -0.3 is 5.32 Å². The number of piperidine rings is 1. The zero-order valence-corrected chi connectivity index (χ0v) is 16.5. The summed E-state index contributed by atoms with van der Waals surface area (Å²) < 4.78 is 53.7. The predicted molar refractivity (Wildman–Crippen MR) is 102 cm³/mol. The standard InChI is InChI=1S/C20H22F2N2O3S/c1-13-7-14(2)12-24(11-13)28(26,27)19-5-3-18(4-6-19)23-20(25)15-8-16(21)10-17(22)9-15/h3-6,8-10,13-14H,7,11-12H2,1-2H3,(H,23,25)/t13-,14-/m0/s1. The first-order chi connectivity index (χ1) is 13.1. The van der Waals surface area contributed by atoms with E-state index in [1.807, 2.05) is 13.8 Å². The molecule has 0 aliphatic carbocycles. The minimum absolute atomic E-state index is 0.142. The molecule has 150 valence electrons. The summed E-state index contributed by atoms with van der Waals surface area (Å²) >= 11 is 0. The van der Waals surface area contributed by atoms with Crippen LogP contribution in [0.25, 0.3) is 0 Å². The highest BCUT2D eigenvalue weighted by Gasteiger charge is 2.31. The molecule has 3 rings (SSSR count). The zero-order valence-electron chi connectivity index (χ0n) is 15.7. The summed E-state index contributed by atoms with van der Waals surface area (Å²) in [7, 11) is -3.62. The van der Waals surface area contributed by atoms with Crippen molar-refractivity contribution in [3.63, 3.8) is 0 Å². The smallest absolute Gasteiger partial charge is 0.255 e. The molecule has 5 nitrogen and oxygen atoms in total. The van der Waals surface area contributed by atoms with Gasteiger partial charge in [-0.1, -0.05) is 13.8 Å². The molecule has 0 bridgehead atoms. The molecule has 0 unspecified atom stereocenters. The summed E-state index contributed by atoms with van der Waals surface area (Å²) in [5.41, 5.74) is 0.166. The summed E-state index contributed by atoms with van der Waals surface area (Å²) in [6, 6.07) is 8.28. The summed E-state index contributed by atoms with van der Waals surface area (Å²) in [5, 5.41) is 2.50. The van der Waals surface area contributed by atoms with Gasteiger partial charge in [-0.3, -0.25) is 4.79 Å². The third-order valence-corrected chi connectivity index (χ3v) is 6.56. The van der Waals surface area contributed by atoms with E-state index in [4.69, 9.17) is 0 Å². The van der Waals surface area contributed by atoms with E-state index in [2.05, 4.69) is 5.32 Å². The second-order valence-electron chi connectivity index (χ2n) is 7.40. The van der Waals surface area contributed by atoms with Crippen molar-refractivity contribution in [2.75, 3.05) is 18.4 Å². The van der Waals surface area contributed by atoms with E-state index in [0.717, 1.165) is 18.6 Å².